The van der Waals surface area contributed by atoms with Gasteiger partial charge in [0.2, 0.25) is 12.1 Å². The molecular formula is C40H28Cl6N8O6. The van der Waals surface area contributed by atoms with Crippen LogP contribution in [0.1, 0.15) is 34.6 Å². The second kappa shape index (κ2) is 20.5. The van der Waals surface area contributed by atoms with Crippen LogP contribution in [0.2, 0.25) is 30.1 Å². The first kappa shape index (κ1) is 45.3. The van der Waals surface area contributed by atoms with E-state index in [0.29, 0.717) is 0 Å². The van der Waals surface area contributed by atoms with Gasteiger partial charge in [0.15, 0.2) is 11.6 Å². The molecule has 5 aromatic carbocycles. The van der Waals surface area contributed by atoms with Crippen molar-refractivity contribution < 1.29 is 28.8 Å². The molecule has 14 nitrogen and oxygen atoms in total. The first-order valence-electron chi connectivity index (χ1n) is 17.2. The lowest BCUT2D eigenvalue weighted by Gasteiger charge is -2.12. The van der Waals surface area contributed by atoms with Gasteiger partial charge >= 0.3 is 0 Å². The third kappa shape index (κ3) is 12.2. The number of para-hydroxylation sites is 2. The SMILES string of the molecule is CC(=O)C(N=Nc1cc(Cl)cc(C(=O)Nc2c(Cl)cccc2Cl)c1)C(=O)Nc1ccc(NC(=O)C(N=Nc2cc(Cl)cc(C(=O)Nc3c(Cl)cccc3Cl)c2)C(C)=O)cc1. The summed E-state index contributed by atoms with van der Waals surface area (Å²) < 4.78 is 0. The summed E-state index contributed by atoms with van der Waals surface area (Å²) in [6.45, 7) is 2.30. The zero-order chi connectivity index (χ0) is 43.7. The maximum absolute atomic E-state index is 13.1. The van der Waals surface area contributed by atoms with Crippen molar-refractivity contribution >= 4 is 139 Å². The quantitative estimate of drug-likeness (QED) is 0.0630. The molecule has 0 bridgehead atoms. The maximum atomic E-state index is 13.1. The molecule has 5 aromatic rings. The van der Waals surface area contributed by atoms with E-state index in [0.717, 1.165) is 13.8 Å². The Balaban J connectivity index is 1.22. The van der Waals surface area contributed by atoms with Crippen LogP contribution >= 0.6 is 69.6 Å². The van der Waals surface area contributed by atoms with Gasteiger partial charge in [0, 0.05) is 32.5 Å². The maximum Gasteiger partial charge on any atom is 0.258 e. The second-order valence-corrected chi connectivity index (χ2v) is 15.0. The van der Waals surface area contributed by atoms with Crippen LogP contribution in [0.4, 0.5) is 34.1 Å². The van der Waals surface area contributed by atoms with E-state index in [1.165, 1.54) is 60.7 Å². The molecule has 0 aliphatic rings. The summed E-state index contributed by atoms with van der Waals surface area (Å²) in [5, 5.41) is 27.2. The Morgan fingerprint density at radius 3 is 1.12 bits per heavy atom. The summed E-state index contributed by atoms with van der Waals surface area (Å²) in [5.41, 5.74) is 1.10. The molecule has 0 fully saturated rings. The van der Waals surface area contributed by atoms with Crippen molar-refractivity contribution in [3.05, 3.63) is 138 Å². The molecular weight excluding hydrogens is 901 g/mol. The van der Waals surface area contributed by atoms with E-state index < -0.39 is 47.3 Å². The number of benzene rings is 5. The lowest BCUT2D eigenvalue weighted by molar-refractivity contribution is -0.127. The highest BCUT2D eigenvalue weighted by Crippen LogP contribution is 2.33. The van der Waals surface area contributed by atoms with E-state index in [9.17, 15) is 28.8 Å². The first-order valence-corrected chi connectivity index (χ1v) is 19.4. The zero-order valence-corrected chi connectivity index (χ0v) is 35.4. The molecule has 0 heterocycles. The van der Waals surface area contributed by atoms with Gasteiger partial charge < -0.3 is 21.3 Å². The molecule has 0 saturated heterocycles. The largest absolute Gasteiger partial charge is 0.324 e. The molecule has 2 atom stereocenters. The zero-order valence-electron chi connectivity index (χ0n) is 30.9. The Kier molecular flexibility index (Phi) is 15.5. The van der Waals surface area contributed by atoms with E-state index in [1.807, 2.05) is 0 Å². The van der Waals surface area contributed by atoms with E-state index in [1.54, 1.807) is 36.4 Å². The summed E-state index contributed by atoms with van der Waals surface area (Å²) >= 11 is 37.1. The Morgan fingerprint density at radius 1 is 0.467 bits per heavy atom. The van der Waals surface area contributed by atoms with Gasteiger partial charge in [-0.05, 0) is 98.8 Å². The molecule has 4 N–H and O–H groups in total. The number of halogens is 6. The predicted molar refractivity (Wildman–Crippen MR) is 233 cm³/mol. The molecule has 0 spiro atoms. The van der Waals surface area contributed by atoms with E-state index in [-0.39, 0.29) is 75.4 Å². The van der Waals surface area contributed by atoms with Crippen LogP contribution in [0, 0.1) is 0 Å². The van der Waals surface area contributed by atoms with Gasteiger partial charge in [0.25, 0.3) is 23.6 Å². The normalized spacial score (nSPS) is 12.1. The summed E-state index contributed by atoms with van der Waals surface area (Å²) in [6, 6.07) is 20.1. The Morgan fingerprint density at radius 2 is 0.800 bits per heavy atom. The van der Waals surface area contributed by atoms with Gasteiger partial charge in [-0.2, -0.15) is 20.5 Å². The molecule has 2 unspecified atom stereocenters. The van der Waals surface area contributed by atoms with Gasteiger partial charge in [0.05, 0.1) is 42.8 Å². The lowest BCUT2D eigenvalue weighted by Crippen LogP contribution is -2.32. The van der Waals surface area contributed by atoms with Crippen LogP contribution < -0.4 is 21.3 Å². The summed E-state index contributed by atoms with van der Waals surface area (Å²) in [7, 11) is 0. The monoisotopic (exact) mass is 926 g/mol. The number of ketones is 2. The Hall–Kier alpha value is -5.74. The molecule has 60 heavy (non-hydrogen) atoms. The molecule has 306 valence electrons. The van der Waals surface area contributed by atoms with Crippen molar-refractivity contribution in [1.29, 1.82) is 0 Å². The number of carbonyl (C=O) groups excluding carboxylic acids is 6. The van der Waals surface area contributed by atoms with Crippen molar-refractivity contribution in [2.75, 3.05) is 21.3 Å². The van der Waals surface area contributed by atoms with Crippen molar-refractivity contribution in [3.63, 3.8) is 0 Å². The topological polar surface area (TPSA) is 200 Å². The molecule has 0 saturated carbocycles. The molecule has 4 amide bonds. The summed E-state index contributed by atoms with van der Waals surface area (Å²) in [5.74, 6) is -4.16. The van der Waals surface area contributed by atoms with Crippen LogP contribution in [-0.4, -0.2) is 47.3 Å². The number of hydrogen-bond acceptors (Lipinski definition) is 10. The number of rotatable bonds is 14. The van der Waals surface area contributed by atoms with Crippen molar-refractivity contribution in [2.45, 2.75) is 25.9 Å². The standard InChI is InChI=1S/C40H28Cl6N8O6/c1-19(55)33(53-51-27-15-21(13-23(41)17-27)37(57)49-35-29(43)5-3-6-30(35)44)39(59)47-25-9-11-26(12-10-25)48-40(60)34(20(2)56)54-52-28-16-22(14-24(42)18-28)38(58)50-36-31(45)7-4-8-32(36)46/h3-18,33-34H,1-2H3,(H,47,59)(H,48,60)(H,49,57)(H,50,58). The highest BCUT2D eigenvalue weighted by atomic mass is 35.5. The van der Waals surface area contributed by atoms with Crippen molar-refractivity contribution in [3.8, 4) is 0 Å². The minimum atomic E-state index is -1.59. The molecule has 0 aromatic heterocycles. The number of azo groups is 2. The van der Waals surface area contributed by atoms with Crippen LogP contribution in [0.15, 0.2) is 118 Å². The van der Waals surface area contributed by atoms with E-state index >= 15 is 0 Å². The Bertz CT molecular complexity index is 2370. The third-order valence-corrected chi connectivity index (χ3v) is 9.65. The number of anilines is 4. The minimum Gasteiger partial charge on any atom is -0.324 e. The highest BCUT2D eigenvalue weighted by molar-refractivity contribution is 6.41. The summed E-state index contributed by atoms with van der Waals surface area (Å²) in [4.78, 5) is 77.0. The molecule has 0 aliphatic heterocycles. The van der Waals surface area contributed by atoms with Gasteiger partial charge in [-0.3, -0.25) is 28.8 Å². The van der Waals surface area contributed by atoms with E-state index in [4.69, 9.17) is 69.6 Å². The van der Waals surface area contributed by atoms with Crippen LogP contribution in [0.3, 0.4) is 0 Å². The molecule has 5 rings (SSSR count). The van der Waals surface area contributed by atoms with Gasteiger partial charge in [-0.1, -0.05) is 81.7 Å². The number of amides is 4. The number of hydrogen-bond donors (Lipinski definition) is 4. The number of nitrogens with one attached hydrogen (secondary N) is 4. The van der Waals surface area contributed by atoms with Crippen LogP contribution in [0.5, 0.6) is 0 Å². The second-order valence-electron chi connectivity index (χ2n) is 12.5. The van der Waals surface area contributed by atoms with Gasteiger partial charge in [-0.15, -0.1) is 0 Å². The first-order chi connectivity index (χ1) is 28.5. The molecule has 0 aliphatic carbocycles. The average Bonchev–Trinajstić information content (AvgIpc) is 3.18. The molecule has 0 radical (unpaired) electrons. The average molecular weight is 929 g/mol. The van der Waals surface area contributed by atoms with E-state index in [2.05, 4.69) is 41.7 Å². The number of carbonyl (C=O) groups is 6. The molecule has 20 heteroatoms. The Labute approximate surface area is 371 Å². The number of Topliss-reactive ketones (excluding diaryl/α,β-unsaturated/α-hetero) is 2. The van der Waals surface area contributed by atoms with Gasteiger partial charge in [-0.25, -0.2) is 0 Å². The van der Waals surface area contributed by atoms with Crippen LogP contribution in [-0.2, 0) is 19.2 Å². The fourth-order valence-corrected chi connectivity index (χ4v) is 6.52. The van der Waals surface area contributed by atoms with Crippen LogP contribution in [0.25, 0.3) is 0 Å². The highest BCUT2D eigenvalue weighted by Gasteiger charge is 2.25. The predicted octanol–water partition coefficient (Wildman–Crippen LogP) is 11.5. The smallest absolute Gasteiger partial charge is 0.258 e. The fourth-order valence-electron chi connectivity index (χ4n) is 5.08. The third-order valence-electron chi connectivity index (χ3n) is 7.96. The van der Waals surface area contributed by atoms with Crippen molar-refractivity contribution in [1.82, 2.24) is 0 Å². The van der Waals surface area contributed by atoms with Crippen molar-refractivity contribution in [2.24, 2.45) is 20.5 Å². The number of nitrogens with zero attached hydrogens (tertiary/aromatic N) is 4. The lowest BCUT2D eigenvalue weighted by atomic mass is 10.1. The minimum absolute atomic E-state index is 0.0687. The summed E-state index contributed by atoms with van der Waals surface area (Å²) in [6.07, 6.45) is 0. The fraction of sp³-hybridized carbons (Fsp3) is 0.100. The van der Waals surface area contributed by atoms with Gasteiger partial charge in [0.1, 0.15) is 0 Å².